The predicted molar refractivity (Wildman–Crippen MR) is 90.3 cm³/mol. The fourth-order valence-corrected chi connectivity index (χ4v) is 2.55. The summed E-state index contributed by atoms with van der Waals surface area (Å²) in [5, 5.41) is 9.11. The van der Waals surface area contributed by atoms with Crippen LogP contribution in [0.1, 0.15) is 21.5 Å². The van der Waals surface area contributed by atoms with Crippen molar-refractivity contribution in [1.29, 1.82) is 0 Å². The molecule has 1 amide bonds. The van der Waals surface area contributed by atoms with Gasteiger partial charge in [0.1, 0.15) is 5.76 Å². The van der Waals surface area contributed by atoms with E-state index in [-0.39, 0.29) is 5.56 Å². The zero-order chi connectivity index (χ0) is 16.6. The number of halogens is 1. The van der Waals surface area contributed by atoms with Gasteiger partial charge in [0.05, 0.1) is 11.3 Å². The van der Waals surface area contributed by atoms with Crippen molar-refractivity contribution < 1.29 is 19.4 Å². The molecule has 1 N–H and O–H groups in total. The maximum atomic E-state index is 12.0. The molecule has 1 aliphatic rings. The molecule has 2 aromatic rings. The van der Waals surface area contributed by atoms with E-state index in [1.54, 1.807) is 19.2 Å². The number of hydrogen-bond donors (Lipinski definition) is 1. The van der Waals surface area contributed by atoms with Gasteiger partial charge in [-0.25, -0.2) is 9.59 Å². The van der Waals surface area contributed by atoms with Crippen molar-refractivity contribution in [3.63, 3.8) is 0 Å². The lowest BCUT2D eigenvalue weighted by Crippen LogP contribution is -2.31. The molecule has 0 aliphatic carbocycles. The Morgan fingerprint density at radius 1 is 1.22 bits per heavy atom. The Balaban J connectivity index is 2.11. The number of benzene rings is 2. The summed E-state index contributed by atoms with van der Waals surface area (Å²) in [5.74, 6) is -0.652. The van der Waals surface area contributed by atoms with Gasteiger partial charge in [-0.2, -0.15) is 0 Å². The maximum absolute atomic E-state index is 12.0. The first-order valence-electron chi connectivity index (χ1n) is 6.76. The van der Waals surface area contributed by atoms with Crippen molar-refractivity contribution in [2.24, 2.45) is 0 Å². The molecule has 0 spiro atoms. The number of carbonyl (C=O) groups excluding carboxylic acids is 1. The molecular weight excluding hydrogens is 362 g/mol. The molecule has 1 aliphatic heterocycles. The normalized spacial score (nSPS) is 15.3. The Labute approximate surface area is 140 Å². The fourth-order valence-electron chi connectivity index (χ4n) is 2.28. The summed E-state index contributed by atoms with van der Waals surface area (Å²) < 4.78 is 6.30. The number of carbonyl (C=O) groups is 2. The van der Waals surface area contributed by atoms with Crippen LogP contribution in [0.2, 0.25) is 0 Å². The third-order valence-electron chi connectivity index (χ3n) is 3.51. The first-order chi connectivity index (χ1) is 11.0. The van der Waals surface area contributed by atoms with Crippen molar-refractivity contribution in [1.82, 2.24) is 0 Å². The van der Waals surface area contributed by atoms with Gasteiger partial charge < -0.3 is 9.84 Å². The first kappa shape index (κ1) is 15.3. The Morgan fingerprint density at radius 3 is 2.57 bits per heavy atom. The summed E-state index contributed by atoms with van der Waals surface area (Å²) in [4.78, 5) is 24.4. The summed E-state index contributed by atoms with van der Waals surface area (Å²) in [5.41, 5.74) is 2.16. The fraction of sp³-hybridized carbons (Fsp3) is 0.0588. The monoisotopic (exact) mass is 373 g/mol. The molecule has 0 saturated carbocycles. The molecule has 0 unspecified atom stereocenters. The van der Waals surface area contributed by atoms with Crippen LogP contribution in [0.3, 0.4) is 0 Å². The Morgan fingerprint density at radius 2 is 1.91 bits per heavy atom. The Bertz CT molecular complexity index is 827. The van der Waals surface area contributed by atoms with Gasteiger partial charge in [-0.1, -0.05) is 28.1 Å². The molecule has 1 heterocycles. The van der Waals surface area contributed by atoms with E-state index >= 15 is 0 Å². The van der Waals surface area contributed by atoms with Crippen LogP contribution in [0.15, 0.2) is 46.9 Å². The summed E-state index contributed by atoms with van der Waals surface area (Å²) in [7, 11) is 1.54. The quantitative estimate of drug-likeness (QED) is 0.854. The Kier molecular flexibility index (Phi) is 3.92. The summed E-state index contributed by atoms with van der Waals surface area (Å²) >= 11 is 3.37. The number of carboxylic acid groups (broad SMARTS) is 1. The highest BCUT2D eigenvalue weighted by Gasteiger charge is 2.27. The van der Waals surface area contributed by atoms with Crippen LogP contribution in [-0.4, -0.2) is 24.2 Å². The molecule has 23 heavy (non-hydrogen) atoms. The number of cyclic esters (lactones) is 1. The lowest BCUT2D eigenvalue weighted by Gasteiger charge is -2.27. The average Bonchev–Trinajstić information content (AvgIpc) is 2.54. The number of ether oxygens (including phenoxy) is 1. The van der Waals surface area contributed by atoms with Gasteiger partial charge in [-0.15, -0.1) is 0 Å². The van der Waals surface area contributed by atoms with Crippen molar-refractivity contribution >= 4 is 45.5 Å². The van der Waals surface area contributed by atoms with Crippen molar-refractivity contribution in [2.45, 2.75) is 0 Å². The zero-order valence-electron chi connectivity index (χ0n) is 12.1. The number of fused-ring (bicyclic) bond motifs is 1. The summed E-state index contributed by atoms with van der Waals surface area (Å²) in [6.45, 7) is 0. The molecular formula is C17H12BrNO4. The van der Waals surface area contributed by atoms with E-state index in [1.165, 1.54) is 17.0 Å². The SMILES string of the molecule is CN1C(=O)O/C(=C\c2ccc(Br)cc2)c2ccc(C(=O)O)cc21. The molecule has 6 heteroatoms. The van der Waals surface area contributed by atoms with Crippen LogP contribution >= 0.6 is 15.9 Å². The number of nitrogens with zero attached hydrogens (tertiary/aromatic N) is 1. The first-order valence-corrected chi connectivity index (χ1v) is 7.55. The number of rotatable bonds is 2. The molecule has 116 valence electrons. The van der Waals surface area contributed by atoms with Gasteiger partial charge in [-0.05, 0) is 42.0 Å². The van der Waals surface area contributed by atoms with Crippen LogP contribution in [0.4, 0.5) is 10.5 Å². The largest absolute Gasteiger partial charge is 0.478 e. The smallest absolute Gasteiger partial charge is 0.419 e. The predicted octanol–water partition coefficient (Wildman–Crippen LogP) is 4.23. The molecule has 0 radical (unpaired) electrons. The van der Waals surface area contributed by atoms with Crippen LogP contribution < -0.4 is 4.90 Å². The van der Waals surface area contributed by atoms with E-state index in [0.29, 0.717) is 17.0 Å². The van der Waals surface area contributed by atoms with Gasteiger partial charge >= 0.3 is 12.1 Å². The second kappa shape index (κ2) is 5.89. The van der Waals surface area contributed by atoms with Crippen LogP contribution in [0.5, 0.6) is 0 Å². The number of carboxylic acids is 1. The zero-order valence-corrected chi connectivity index (χ0v) is 13.7. The number of hydrogen-bond acceptors (Lipinski definition) is 3. The molecule has 0 bridgehead atoms. The van der Waals surface area contributed by atoms with Crippen LogP contribution in [0, 0.1) is 0 Å². The average molecular weight is 374 g/mol. The number of anilines is 1. The minimum Gasteiger partial charge on any atom is -0.478 e. The van der Waals surface area contributed by atoms with Crippen molar-refractivity contribution in [3.05, 3.63) is 63.6 Å². The van der Waals surface area contributed by atoms with Crippen molar-refractivity contribution in [3.8, 4) is 0 Å². The minimum atomic E-state index is -1.04. The van der Waals surface area contributed by atoms with Gasteiger partial charge in [0, 0.05) is 17.1 Å². The van der Waals surface area contributed by atoms with Crippen LogP contribution in [0.25, 0.3) is 11.8 Å². The topological polar surface area (TPSA) is 66.8 Å². The number of amides is 1. The molecule has 0 aromatic heterocycles. The summed E-state index contributed by atoms with van der Waals surface area (Å²) in [6, 6.07) is 12.1. The van der Waals surface area contributed by atoms with E-state index < -0.39 is 12.1 Å². The lowest BCUT2D eigenvalue weighted by atomic mass is 10.0. The third kappa shape index (κ3) is 2.98. The molecule has 0 saturated heterocycles. The van der Waals surface area contributed by atoms with E-state index in [9.17, 15) is 9.59 Å². The van der Waals surface area contributed by atoms with Gasteiger partial charge in [0.2, 0.25) is 0 Å². The highest BCUT2D eigenvalue weighted by atomic mass is 79.9. The second-order valence-corrected chi connectivity index (χ2v) is 5.94. The maximum Gasteiger partial charge on any atom is 0.419 e. The third-order valence-corrected chi connectivity index (χ3v) is 4.04. The number of aromatic carboxylic acids is 1. The lowest BCUT2D eigenvalue weighted by molar-refractivity contribution is 0.0696. The van der Waals surface area contributed by atoms with Gasteiger partial charge in [-0.3, -0.25) is 4.90 Å². The highest BCUT2D eigenvalue weighted by Crippen LogP contribution is 2.35. The van der Waals surface area contributed by atoms with Gasteiger partial charge in [0.25, 0.3) is 0 Å². The second-order valence-electron chi connectivity index (χ2n) is 5.02. The van der Waals surface area contributed by atoms with E-state index in [0.717, 1.165) is 10.0 Å². The van der Waals surface area contributed by atoms with Crippen molar-refractivity contribution in [2.75, 3.05) is 11.9 Å². The highest BCUT2D eigenvalue weighted by molar-refractivity contribution is 9.10. The molecule has 5 nitrogen and oxygen atoms in total. The standard InChI is InChI=1S/C17H12BrNO4/c1-19-14-9-11(16(20)21)4-7-13(14)15(23-17(19)22)8-10-2-5-12(18)6-3-10/h2-9H,1H3,(H,20,21)/b15-8-. The Hall–Kier alpha value is -2.60. The molecule has 0 fully saturated rings. The van der Waals surface area contributed by atoms with Gasteiger partial charge in [0.15, 0.2) is 0 Å². The molecule has 2 aromatic carbocycles. The molecule has 3 rings (SSSR count). The molecule has 0 atom stereocenters. The minimum absolute atomic E-state index is 0.119. The van der Waals surface area contributed by atoms with E-state index in [2.05, 4.69) is 15.9 Å². The van der Waals surface area contributed by atoms with E-state index in [1.807, 2.05) is 24.3 Å². The van der Waals surface area contributed by atoms with E-state index in [4.69, 9.17) is 9.84 Å². The van der Waals surface area contributed by atoms with Crippen LogP contribution in [-0.2, 0) is 4.74 Å². The summed E-state index contributed by atoms with van der Waals surface area (Å²) in [6.07, 6.45) is 1.19.